The van der Waals surface area contributed by atoms with Crippen LogP contribution in [0.2, 0.25) is 0 Å². The van der Waals surface area contributed by atoms with E-state index in [0.29, 0.717) is 10.4 Å². The van der Waals surface area contributed by atoms with Gasteiger partial charge in [0.05, 0.1) is 0 Å². The normalized spacial score (nSPS) is 9.69. The van der Waals surface area contributed by atoms with Crippen LogP contribution in [0.15, 0.2) is 22.8 Å². The van der Waals surface area contributed by atoms with Gasteiger partial charge in [-0.2, -0.15) is 0 Å². The third kappa shape index (κ3) is 3.52. The lowest BCUT2D eigenvalue weighted by atomic mass is 10.4. The monoisotopic (exact) mass is 244 g/mol. The van der Waals surface area contributed by atoms with Crippen LogP contribution in [0.1, 0.15) is 0 Å². The molecule has 0 saturated heterocycles. The largest absolute Gasteiger partial charge is 0.375 e. The van der Waals surface area contributed by atoms with Crippen LogP contribution < -0.4 is 5.32 Å². The van der Waals surface area contributed by atoms with Crippen molar-refractivity contribution in [1.29, 1.82) is 0 Å². The van der Waals surface area contributed by atoms with Gasteiger partial charge in [-0.3, -0.25) is 4.79 Å². The Labute approximate surface area is 84.4 Å². The number of pyridine rings is 1. The summed E-state index contributed by atoms with van der Waals surface area (Å²) in [4.78, 5) is 15.1. The van der Waals surface area contributed by atoms with E-state index in [-0.39, 0.29) is 12.5 Å². The van der Waals surface area contributed by atoms with E-state index in [2.05, 4.69) is 31.0 Å². The fourth-order valence-corrected chi connectivity index (χ4v) is 1.13. The van der Waals surface area contributed by atoms with Gasteiger partial charge in [-0.25, -0.2) is 4.98 Å². The molecule has 0 spiro atoms. The maximum Gasteiger partial charge on any atom is 0.251 e. The van der Waals surface area contributed by atoms with E-state index >= 15 is 0 Å². The molecule has 0 unspecified atom stereocenters. The van der Waals surface area contributed by atoms with E-state index in [1.807, 2.05) is 0 Å². The third-order valence-corrected chi connectivity index (χ3v) is 1.70. The first-order chi connectivity index (χ1) is 6.22. The molecule has 1 amide bonds. The summed E-state index contributed by atoms with van der Waals surface area (Å²) >= 11 is 3.20. The fourth-order valence-electron chi connectivity index (χ4n) is 0.788. The number of nitrogens with one attached hydrogen (secondary N) is 1. The van der Waals surface area contributed by atoms with Gasteiger partial charge in [-0.15, -0.1) is 0 Å². The second kappa shape index (κ2) is 4.94. The molecule has 1 N–H and O–H groups in total. The molecule has 1 heterocycles. The molecule has 70 valence electrons. The summed E-state index contributed by atoms with van der Waals surface area (Å²) in [5.41, 5.74) is 0. The van der Waals surface area contributed by atoms with Crippen LogP contribution in [-0.4, -0.2) is 24.6 Å². The summed E-state index contributed by atoms with van der Waals surface area (Å²) in [6.45, 7) is 0.0359. The Balaban J connectivity index is 2.58. The molecule has 5 heteroatoms. The maximum atomic E-state index is 11.0. The highest BCUT2D eigenvalue weighted by atomic mass is 79.9. The third-order valence-electron chi connectivity index (χ3n) is 1.26. The number of carbonyl (C=O) groups is 1. The van der Waals surface area contributed by atoms with Crippen LogP contribution in [0.5, 0.6) is 0 Å². The molecular weight excluding hydrogens is 236 g/mol. The van der Waals surface area contributed by atoms with Crippen LogP contribution in [0.25, 0.3) is 0 Å². The van der Waals surface area contributed by atoms with Gasteiger partial charge >= 0.3 is 0 Å². The van der Waals surface area contributed by atoms with Crippen molar-refractivity contribution in [3.8, 4) is 0 Å². The molecule has 0 radical (unpaired) electrons. The van der Waals surface area contributed by atoms with Crippen LogP contribution in [0.4, 0.5) is 5.82 Å². The predicted octanol–water partition coefficient (Wildman–Crippen LogP) is 1.43. The quantitative estimate of drug-likeness (QED) is 0.819. The number of anilines is 1. The molecule has 4 nitrogen and oxygen atoms in total. The Morgan fingerprint density at radius 3 is 3.08 bits per heavy atom. The van der Waals surface area contributed by atoms with Crippen molar-refractivity contribution in [2.75, 3.05) is 19.0 Å². The van der Waals surface area contributed by atoms with Gasteiger partial charge in [0.15, 0.2) is 0 Å². The van der Waals surface area contributed by atoms with Crippen molar-refractivity contribution in [3.05, 3.63) is 22.8 Å². The second-order valence-corrected chi connectivity index (χ2v) is 3.14. The average molecular weight is 245 g/mol. The van der Waals surface area contributed by atoms with Crippen molar-refractivity contribution in [3.63, 3.8) is 0 Å². The molecule has 0 aliphatic carbocycles. The number of rotatable bonds is 3. The molecule has 0 aliphatic heterocycles. The van der Waals surface area contributed by atoms with Gasteiger partial charge in [0, 0.05) is 7.11 Å². The summed E-state index contributed by atoms with van der Waals surface area (Å²) in [5, 5.41) is 2.58. The Kier molecular flexibility index (Phi) is 3.85. The Bertz CT molecular complexity index is 304. The fraction of sp³-hybridized carbons (Fsp3) is 0.250. The van der Waals surface area contributed by atoms with E-state index in [1.54, 1.807) is 18.2 Å². The first-order valence-corrected chi connectivity index (χ1v) is 4.43. The number of carbonyl (C=O) groups excluding carboxylic acids is 1. The summed E-state index contributed by atoms with van der Waals surface area (Å²) in [7, 11) is 1.47. The summed E-state index contributed by atoms with van der Waals surface area (Å²) < 4.78 is 5.34. The number of amides is 1. The minimum atomic E-state index is -0.215. The van der Waals surface area contributed by atoms with Gasteiger partial charge in [0.1, 0.15) is 17.0 Å². The molecule has 0 atom stereocenters. The number of ether oxygens (including phenoxy) is 1. The lowest BCUT2D eigenvalue weighted by molar-refractivity contribution is -0.119. The van der Waals surface area contributed by atoms with Crippen LogP contribution in [0, 0.1) is 0 Å². The molecular formula is C8H9BrN2O2. The first-order valence-electron chi connectivity index (χ1n) is 3.63. The highest BCUT2D eigenvalue weighted by Gasteiger charge is 2.01. The zero-order valence-electron chi connectivity index (χ0n) is 7.08. The molecule has 0 bridgehead atoms. The molecule has 13 heavy (non-hydrogen) atoms. The molecule has 0 saturated carbocycles. The Morgan fingerprint density at radius 1 is 1.69 bits per heavy atom. The number of methoxy groups -OCH3 is 1. The van der Waals surface area contributed by atoms with E-state index in [1.165, 1.54) is 7.11 Å². The van der Waals surface area contributed by atoms with Crippen LogP contribution in [0.3, 0.4) is 0 Å². The minimum absolute atomic E-state index is 0.0359. The average Bonchev–Trinajstić information content (AvgIpc) is 2.04. The number of hydrogen-bond donors (Lipinski definition) is 1. The van der Waals surface area contributed by atoms with E-state index in [4.69, 9.17) is 0 Å². The van der Waals surface area contributed by atoms with Crippen molar-refractivity contribution in [1.82, 2.24) is 4.98 Å². The zero-order valence-corrected chi connectivity index (χ0v) is 8.67. The van der Waals surface area contributed by atoms with E-state index in [0.717, 1.165) is 0 Å². The topological polar surface area (TPSA) is 51.2 Å². The highest BCUT2D eigenvalue weighted by Crippen LogP contribution is 2.09. The number of aromatic nitrogens is 1. The molecule has 0 aromatic carbocycles. The number of hydrogen-bond acceptors (Lipinski definition) is 3. The number of halogens is 1. The predicted molar refractivity (Wildman–Crippen MR) is 52.4 cm³/mol. The maximum absolute atomic E-state index is 11.0. The van der Waals surface area contributed by atoms with Gasteiger partial charge in [-0.05, 0) is 28.1 Å². The molecule has 0 fully saturated rings. The van der Waals surface area contributed by atoms with Gasteiger partial charge in [0.25, 0.3) is 5.91 Å². The molecule has 1 aromatic rings. The van der Waals surface area contributed by atoms with Crippen molar-refractivity contribution in [2.24, 2.45) is 0 Å². The smallest absolute Gasteiger partial charge is 0.251 e. The second-order valence-electron chi connectivity index (χ2n) is 2.33. The standard InChI is InChI=1S/C8H9BrN2O2/c1-13-5-8(12)11-7-4-2-3-6(9)10-7/h2-4H,5H2,1H3,(H,10,11,12). The molecule has 1 aromatic heterocycles. The SMILES string of the molecule is COCC(=O)Nc1cccc(Br)n1. The first kappa shape index (κ1) is 10.1. The lowest BCUT2D eigenvalue weighted by Gasteiger charge is -2.02. The van der Waals surface area contributed by atoms with Crippen molar-refractivity contribution < 1.29 is 9.53 Å². The lowest BCUT2D eigenvalue weighted by Crippen LogP contribution is -2.17. The Hall–Kier alpha value is -0.940. The van der Waals surface area contributed by atoms with Gasteiger partial charge in [0.2, 0.25) is 0 Å². The minimum Gasteiger partial charge on any atom is -0.375 e. The molecule has 1 rings (SSSR count). The van der Waals surface area contributed by atoms with Crippen LogP contribution >= 0.6 is 15.9 Å². The summed E-state index contributed by atoms with van der Waals surface area (Å²) in [6, 6.07) is 5.28. The van der Waals surface area contributed by atoms with E-state index < -0.39 is 0 Å². The van der Waals surface area contributed by atoms with Crippen molar-refractivity contribution in [2.45, 2.75) is 0 Å². The van der Waals surface area contributed by atoms with E-state index in [9.17, 15) is 4.79 Å². The number of nitrogens with zero attached hydrogens (tertiary/aromatic N) is 1. The zero-order chi connectivity index (χ0) is 9.68. The summed E-state index contributed by atoms with van der Waals surface area (Å²) in [5.74, 6) is 0.296. The highest BCUT2D eigenvalue weighted by molar-refractivity contribution is 9.10. The van der Waals surface area contributed by atoms with Crippen LogP contribution in [-0.2, 0) is 9.53 Å². The van der Waals surface area contributed by atoms with Crippen molar-refractivity contribution >= 4 is 27.7 Å². The summed E-state index contributed by atoms with van der Waals surface area (Å²) in [6.07, 6.45) is 0. The van der Waals surface area contributed by atoms with Gasteiger partial charge in [-0.1, -0.05) is 6.07 Å². The molecule has 0 aliphatic rings. The Morgan fingerprint density at radius 2 is 2.46 bits per heavy atom. The van der Waals surface area contributed by atoms with Gasteiger partial charge < -0.3 is 10.1 Å².